The van der Waals surface area contributed by atoms with Gasteiger partial charge >= 0.3 is 6.09 Å². The van der Waals surface area contributed by atoms with Gasteiger partial charge in [0, 0.05) is 4.92 Å². The maximum absolute atomic E-state index is 11.8. The number of alkyl carbamates (subject to hydrolysis) is 1. The maximum atomic E-state index is 11.8. The third-order valence-corrected chi connectivity index (χ3v) is 3.04. The van der Waals surface area contributed by atoms with E-state index in [0.717, 1.165) is 5.56 Å². The molecule has 0 saturated heterocycles. The zero-order valence-corrected chi connectivity index (χ0v) is 11.8. The van der Waals surface area contributed by atoms with Gasteiger partial charge in [-0.05, 0) is 11.1 Å². The first-order valence-electron chi connectivity index (χ1n) is 6.79. The summed E-state index contributed by atoms with van der Waals surface area (Å²) in [5, 5.41) is 13.3. The smallest absolute Gasteiger partial charge is 0.408 e. The van der Waals surface area contributed by atoms with Crippen LogP contribution in [0.25, 0.3) is 0 Å². The van der Waals surface area contributed by atoms with Crippen molar-refractivity contribution in [3.8, 4) is 0 Å². The summed E-state index contributed by atoms with van der Waals surface area (Å²) in [7, 11) is 0. The van der Waals surface area contributed by atoms with Gasteiger partial charge < -0.3 is 10.1 Å². The highest BCUT2D eigenvalue weighted by atomic mass is 16.6. The second kappa shape index (κ2) is 7.78. The van der Waals surface area contributed by atoms with Crippen LogP contribution in [0.4, 0.5) is 4.79 Å². The number of hydrogen-bond donors (Lipinski definition) is 1. The molecule has 0 fully saturated rings. The third kappa shape index (κ3) is 4.90. The standard InChI is InChI=1S/C16H16N2O4/c19-16(22-12-13-7-3-1-4-8-13)17-15(11-18(20)21)14-9-5-2-6-10-14/h1-10,15H,11-12H2,(H,17,19)/t15-/m0/s1. The number of nitrogens with one attached hydrogen (secondary N) is 1. The van der Waals surface area contributed by atoms with Crippen molar-refractivity contribution in [2.75, 3.05) is 6.54 Å². The van der Waals surface area contributed by atoms with Gasteiger partial charge in [0.25, 0.3) is 0 Å². The Morgan fingerprint density at radius 2 is 1.68 bits per heavy atom. The topological polar surface area (TPSA) is 81.5 Å². The minimum atomic E-state index is -0.723. The second-order valence-electron chi connectivity index (χ2n) is 4.68. The van der Waals surface area contributed by atoms with Crippen LogP contribution < -0.4 is 5.32 Å². The Kier molecular flexibility index (Phi) is 5.48. The lowest BCUT2D eigenvalue weighted by atomic mass is 10.1. The number of rotatable bonds is 6. The van der Waals surface area contributed by atoms with Gasteiger partial charge in [-0.3, -0.25) is 10.1 Å². The van der Waals surface area contributed by atoms with E-state index in [1.807, 2.05) is 30.3 Å². The molecule has 2 rings (SSSR count). The summed E-state index contributed by atoms with van der Waals surface area (Å²) in [6, 6.07) is 17.3. The average Bonchev–Trinajstić information content (AvgIpc) is 2.54. The molecule has 6 nitrogen and oxygen atoms in total. The Morgan fingerprint density at radius 3 is 2.27 bits per heavy atom. The van der Waals surface area contributed by atoms with E-state index in [0.29, 0.717) is 5.56 Å². The first-order chi connectivity index (χ1) is 10.6. The SMILES string of the molecule is O=C(N[C@@H](C[N+](=O)[O-])c1ccccc1)OCc1ccccc1. The lowest BCUT2D eigenvalue weighted by molar-refractivity contribution is -0.484. The Labute approximate surface area is 127 Å². The fourth-order valence-corrected chi connectivity index (χ4v) is 1.98. The van der Waals surface area contributed by atoms with Crippen molar-refractivity contribution in [2.24, 2.45) is 0 Å². The molecule has 114 valence electrons. The largest absolute Gasteiger partial charge is 0.445 e. The van der Waals surface area contributed by atoms with E-state index in [-0.39, 0.29) is 6.61 Å². The minimum Gasteiger partial charge on any atom is -0.445 e. The molecule has 0 heterocycles. The van der Waals surface area contributed by atoms with E-state index >= 15 is 0 Å². The van der Waals surface area contributed by atoms with Crippen molar-refractivity contribution >= 4 is 6.09 Å². The molecule has 2 aromatic carbocycles. The third-order valence-electron chi connectivity index (χ3n) is 3.04. The summed E-state index contributed by atoms with van der Waals surface area (Å²) in [6.07, 6.45) is -0.681. The van der Waals surface area contributed by atoms with Crippen LogP contribution in [0.3, 0.4) is 0 Å². The van der Waals surface area contributed by atoms with Crippen LogP contribution in [0.1, 0.15) is 17.2 Å². The minimum absolute atomic E-state index is 0.118. The van der Waals surface area contributed by atoms with Crippen LogP contribution in [-0.4, -0.2) is 17.6 Å². The van der Waals surface area contributed by atoms with Gasteiger partial charge in [0.15, 0.2) is 0 Å². The number of hydrogen-bond acceptors (Lipinski definition) is 4. The molecule has 0 aromatic heterocycles. The highest BCUT2D eigenvalue weighted by Crippen LogP contribution is 2.13. The second-order valence-corrected chi connectivity index (χ2v) is 4.68. The molecule has 2 aromatic rings. The monoisotopic (exact) mass is 300 g/mol. The fraction of sp³-hybridized carbons (Fsp3) is 0.188. The number of carbonyl (C=O) groups excluding carboxylic acids is 1. The summed E-state index contributed by atoms with van der Waals surface area (Å²) >= 11 is 0. The number of nitro groups is 1. The van der Waals surface area contributed by atoms with E-state index in [9.17, 15) is 14.9 Å². The van der Waals surface area contributed by atoms with Crippen molar-refractivity contribution in [2.45, 2.75) is 12.6 Å². The van der Waals surface area contributed by atoms with Crippen LogP contribution in [0.5, 0.6) is 0 Å². The summed E-state index contributed by atoms with van der Waals surface area (Å²) < 4.78 is 5.09. The molecule has 1 atom stereocenters. The van der Waals surface area contributed by atoms with Gasteiger partial charge in [-0.25, -0.2) is 4.79 Å². The molecule has 22 heavy (non-hydrogen) atoms. The van der Waals surface area contributed by atoms with Crippen molar-refractivity contribution in [3.63, 3.8) is 0 Å². The van der Waals surface area contributed by atoms with Gasteiger partial charge in [0.1, 0.15) is 12.6 Å². The number of ether oxygens (including phenoxy) is 1. The molecule has 6 heteroatoms. The first-order valence-corrected chi connectivity index (χ1v) is 6.79. The van der Waals surface area contributed by atoms with E-state index < -0.39 is 23.6 Å². The summed E-state index contributed by atoms with van der Waals surface area (Å²) in [6.45, 7) is -0.281. The molecule has 1 N–H and O–H groups in total. The Morgan fingerprint density at radius 1 is 1.09 bits per heavy atom. The normalized spacial score (nSPS) is 11.5. The first kappa shape index (κ1) is 15.5. The quantitative estimate of drug-likeness (QED) is 0.657. The summed E-state index contributed by atoms with van der Waals surface area (Å²) in [5.74, 6) is 0. The molecular formula is C16H16N2O4. The predicted molar refractivity (Wildman–Crippen MR) is 80.8 cm³/mol. The molecule has 0 aliphatic carbocycles. The zero-order valence-electron chi connectivity index (χ0n) is 11.8. The van der Waals surface area contributed by atoms with Gasteiger partial charge in [-0.1, -0.05) is 60.7 Å². The van der Waals surface area contributed by atoms with Crippen LogP contribution in [-0.2, 0) is 11.3 Å². The molecule has 0 aliphatic heterocycles. The van der Waals surface area contributed by atoms with Crippen molar-refractivity contribution in [1.29, 1.82) is 0 Å². The van der Waals surface area contributed by atoms with E-state index in [1.165, 1.54) is 0 Å². The number of benzene rings is 2. The highest BCUT2D eigenvalue weighted by molar-refractivity contribution is 5.68. The molecular weight excluding hydrogens is 284 g/mol. The van der Waals surface area contributed by atoms with Gasteiger partial charge in [-0.15, -0.1) is 0 Å². The van der Waals surface area contributed by atoms with Crippen LogP contribution in [0.2, 0.25) is 0 Å². The van der Waals surface area contributed by atoms with Gasteiger partial charge in [0.2, 0.25) is 6.54 Å². The maximum Gasteiger partial charge on any atom is 0.408 e. The molecule has 0 spiro atoms. The predicted octanol–water partition coefficient (Wildman–Crippen LogP) is 2.93. The van der Waals surface area contributed by atoms with E-state index in [4.69, 9.17) is 4.74 Å². The lowest BCUT2D eigenvalue weighted by Crippen LogP contribution is -2.33. The summed E-state index contributed by atoms with van der Waals surface area (Å²) in [5.41, 5.74) is 1.51. The fourth-order valence-electron chi connectivity index (χ4n) is 1.98. The van der Waals surface area contributed by atoms with Crippen LogP contribution in [0, 0.1) is 10.1 Å². The Balaban J connectivity index is 1.95. The van der Waals surface area contributed by atoms with Crippen molar-refractivity contribution in [3.05, 3.63) is 81.9 Å². The van der Waals surface area contributed by atoms with Gasteiger partial charge in [0.05, 0.1) is 0 Å². The van der Waals surface area contributed by atoms with Crippen LogP contribution >= 0.6 is 0 Å². The molecule has 0 unspecified atom stereocenters. The highest BCUT2D eigenvalue weighted by Gasteiger charge is 2.20. The van der Waals surface area contributed by atoms with Gasteiger partial charge in [-0.2, -0.15) is 0 Å². The van der Waals surface area contributed by atoms with Crippen molar-refractivity contribution in [1.82, 2.24) is 5.32 Å². The lowest BCUT2D eigenvalue weighted by Gasteiger charge is -2.15. The number of amides is 1. The van der Waals surface area contributed by atoms with Crippen LogP contribution in [0.15, 0.2) is 60.7 Å². The Bertz CT molecular complexity index is 617. The Hall–Kier alpha value is -2.89. The molecule has 0 radical (unpaired) electrons. The molecule has 0 saturated carbocycles. The average molecular weight is 300 g/mol. The molecule has 0 bridgehead atoms. The van der Waals surface area contributed by atoms with E-state index in [1.54, 1.807) is 30.3 Å². The molecule has 0 aliphatic rings. The number of carbonyl (C=O) groups is 1. The van der Waals surface area contributed by atoms with Crippen molar-refractivity contribution < 1.29 is 14.5 Å². The number of nitrogens with zero attached hydrogens (tertiary/aromatic N) is 1. The molecule has 1 amide bonds. The summed E-state index contributed by atoms with van der Waals surface area (Å²) in [4.78, 5) is 22.1. The zero-order chi connectivity index (χ0) is 15.8. The van der Waals surface area contributed by atoms with E-state index in [2.05, 4.69) is 5.32 Å².